The van der Waals surface area contributed by atoms with Crippen LogP contribution in [0.3, 0.4) is 0 Å². The second-order valence-corrected chi connectivity index (χ2v) is 4.50. The first-order chi connectivity index (χ1) is 7.43. The fraction of sp³-hybridized carbons (Fsp3) is 0.538. The van der Waals surface area contributed by atoms with Crippen molar-refractivity contribution >= 4 is 0 Å². The van der Waals surface area contributed by atoms with Crippen LogP contribution < -0.4 is 5.32 Å². The third kappa shape index (κ3) is 1.80. The molecule has 2 nitrogen and oxygen atoms in total. The molecule has 2 aliphatic rings. The number of hydrogen-bond acceptors (Lipinski definition) is 2. The first-order valence-corrected chi connectivity index (χ1v) is 5.86. The van der Waals surface area contributed by atoms with E-state index in [9.17, 15) is 0 Å². The molecule has 15 heavy (non-hydrogen) atoms. The molecule has 0 aliphatic carbocycles. The molecule has 1 N–H and O–H groups in total. The van der Waals surface area contributed by atoms with E-state index in [0.29, 0.717) is 12.1 Å². The highest BCUT2D eigenvalue weighted by Crippen LogP contribution is 2.31. The molecule has 80 valence electrons. The normalized spacial score (nSPS) is 29.3. The molecule has 2 heteroatoms. The Bertz CT molecular complexity index is 344. The molecule has 2 heterocycles. The smallest absolute Gasteiger partial charge is 0.0594 e. The zero-order valence-corrected chi connectivity index (χ0v) is 8.91. The van der Waals surface area contributed by atoms with E-state index in [1.165, 1.54) is 24.0 Å². The zero-order valence-electron chi connectivity index (χ0n) is 8.91. The van der Waals surface area contributed by atoms with Crippen LogP contribution in [0.5, 0.6) is 0 Å². The summed E-state index contributed by atoms with van der Waals surface area (Å²) in [6, 6.07) is 9.24. The lowest BCUT2D eigenvalue weighted by molar-refractivity contribution is 0.0956. The van der Waals surface area contributed by atoms with Gasteiger partial charge in [0.15, 0.2) is 0 Å². The molecule has 0 bridgehead atoms. The van der Waals surface area contributed by atoms with Gasteiger partial charge in [0.05, 0.1) is 6.10 Å². The van der Waals surface area contributed by atoms with E-state index in [-0.39, 0.29) is 0 Å². The standard InChI is InChI=1S/C13H17NO/c1-2-6-12-10(4-1)9-14-13(12)8-11-5-3-7-15-11/h1-2,4,6,11,13-14H,3,5,7-9H2. The number of hydrogen-bond donors (Lipinski definition) is 1. The van der Waals surface area contributed by atoms with Crippen molar-refractivity contribution < 1.29 is 4.74 Å². The summed E-state index contributed by atoms with van der Waals surface area (Å²) >= 11 is 0. The topological polar surface area (TPSA) is 21.3 Å². The fourth-order valence-corrected chi connectivity index (χ4v) is 2.68. The second kappa shape index (κ2) is 3.95. The van der Waals surface area contributed by atoms with E-state index < -0.39 is 0 Å². The van der Waals surface area contributed by atoms with E-state index in [0.717, 1.165) is 19.6 Å². The van der Waals surface area contributed by atoms with Gasteiger partial charge < -0.3 is 10.1 Å². The molecule has 1 aromatic carbocycles. The van der Waals surface area contributed by atoms with Crippen molar-refractivity contribution in [1.29, 1.82) is 0 Å². The van der Waals surface area contributed by atoms with Gasteiger partial charge in [-0.3, -0.25) is 0 Å². The monoisotopic (exact) mass is 203 g/mol. The van der Waals surface area contributed by atoms with E-state index in [1.807, 2.05) is 0 Å². The number of ether oxygens (including phenoxy) is 1. The Kier molecular flexibility index (Phi) is 2.47. The lowest BCUT2D eigenvalue weighted by Crippen LogP contribution is -2.18. The number of rotatable bonds is 2. The molecular formula is C13H17NO. The largest absolute Gasteiger partial charge is 0.378 e. The van der Waals surface area contributed by atoms with Crippen LogP contribution in [0.4, 0.5) is 0 Å². The molecule has 1 saturated heterocycles. The lowest BCUT2D eigenvalue weighted by atomic mass is 9.99. The molecule has 1 aromatic rings. The van der Waals surface area contributed by atoms with Crippen molar-refractivity contribution in [3.05, 3.63) is 35.4 Å². The SMILES string of the molecule is c1ccc2c(c1)CNC2CC1CCCO1. The molecule has 3 rings (SSSR count). The van der Waals surface area contributed by atoms with Gasteiger partial charge >= 0.3 is 0 Å². The first kappa shape index (κ1) is 9.37. The van der Waals surface area contributed by atoms with Crippen LogP contribution in [0.2, 0.25) is 0 Å². The van der Waals surface area contributed by atoms with Crippen molar-refractivity contribution in [2.75, 3.05) is 6.61 Å². The van der Waals surface area contributed by atoms with Gasteiger partial charge in [0.1, 0.15) is 0 Å². The van der Waals surface area contributed by atoms with Crippen LogP contribution in [0.1, 0.15) is 36.4 Å². The average Bonchev–Trinajstić information content (AvgIpc) is 2.89. The minimum atomic E-state index is 0.480. The Labute approximate surface area is 90.6 Å². The summed E-state index contributed by atoms with van der Waals surface area (Å²) in [5, 5.41) is 3.57. The third-order valence-electron chi connectivity index (χ3n) is 3.49. The van der Waals surface area contributed by atoms with E-state index in [1.54, 1.807) is 0 Å². The predicted molar refractivity (Wildman–Crippen MR) is 59.6 cm³/mol. The van der Waals surface area contributed by atoms with Gasteiger partial charge in [-0.05, 0) is 30.4 Å². The summed E-state index contributed by atoms with van der Waals surface area (Å²) in [6.45, 7) is 1.98. The maximum atomic E-state index is 5.69. The number of benzene rings is 1. The van der Waals surface area contributed by atoms with Crippen LogP contribution >= 0.6 is 0 Å². The summed E-state index contributed by atoms with van der Waals surface area (Å²) in [6.07, 6.45) is 4.09. The third-order valence-corrected chi connectivity index (χ3v) is 3.49. The molecule has 0 aromatic heterocycles. The van der Waals surface area contributed by atoms with Crippen molar-refractivity contribution in [3.63, 3.8) is 0 Å². The molecule has 2 atom stereocenters. The van der Waals surface area contributed by atoms with Crippen molar-refractivity contribution in [1.82, 2.24) is 5.32 Å². The van der Waals surface area contributed by atoms with Crippen LogP contribution in [-0.4, -0.2) is 12.7 Å². The molecule has 2 aliphatic heterocycles. The Morgan fingerprint density at radius 1 is 1.33 bits per heavy atom. The summed E-state index contributed by atoms with van der Waals surface area (Å²) in [5.74, 6) is 0. The summed E-state index contributed by atoms with van der Waals surface area (Å²) < 4.78 is 5.69. The van der Waals surface area contributed by atoms with E-state index in [4.69, 9.17) is 4.74 Å². The van der Waals surface area contributed by atoms with Gasteiger partial charge in [-0.25, -0.2) is 0 Å². The molecule has 0 radical (unpaired) electrons. The predicted octanol–water partition coefficient (Wildman–Crippen LogP) is 2.40. The molecule has 2 unspecified atom stereocenters. The van der Waals surface area contributed by atoms with Crippen molar-refractivity contribution in [2.45, 2.75) is 38.0 Å². The highest BCUT2D eigenvalue weighted by Gasteiger charge is 2.26. The molecule has 0 saturated carbocycles. The summed E-state index contributed by atoms with van der Waals surface area (Å²) in [4.78, 5) is 0. The number of fused-ring (bicyclic) bond motifs is 1. The van der Waals surface area contributed by atoms with Gasteiger partial charge in [-0.15, -0.1) is 0 Å². The minimum Gasteiger partial charge on any atom is -0.378 e. The minimum absolute atomic E-state index is 0.480. The van der Waals surface area contributed by atoms with Crippen LogP contribution in [0.25, 0.3) is 0 Å². The van der Waals surface area contributed by atoms with Gasteiger partial charge in [0.2, 0.25) is 0 Å². The number of nitrogens with one attached hydrogen (secondary N) is 1. The van der Waals surface area contributed by atoms with Crippen molar-refractivity contribution in [2.24, 2.45) is 0 Å². The summed E-state index contributed by atoms with van der Waals surface area (Å²) in [5.41, 5.74) is 2.94. The highest BCUT2D eigenvalue weighted by molar-refractivity contribution is 5.33. The maximum Gasteiger partial charge on any atom is 0.0594 e. The molecular weight excluding hydrogens is 186 g/mol. The van der Waals surface area contributed by atoms with Crippen LogP contribution in [0, 0.1) is 0 Å². The molecule has 1 fully saturated rings. The Morgan fingerprint density at radius 2 is 2.27 bits per heavy atom. The average molecular weight is 203 g/mol. The maximum absolute atomic E-state index is 5.69. The Balaban J connectivity index is 1.73. The van der Waals surface area contributed by atoms with E-state index >= 15 is 0 Å². The van der Waals surface area contributed by atoms with E-state index in [2.05, 4.69) is 29.6 Å². The van der Waals surface area contributed by atoms with Gasteiger partial charge in [-0.2, -0.15) is 0 Å². The Morgan fingerprint density at radius 3 is 3.13 bits per heavy atom. The van der Waals surface area contributed by atoms with Gasteiger partial charge in [0, 0.05) is 19.2 Å². The second-order valence-electron chi connectivity index (χ2n) is 4.50. The lowest BCUT2D eigenvalue weighted by Gasteiger charge is -2.16. The van der Waals surface area contributed by atoms with Gasteiger partial charge in [-0.1, -0.05) is 24.3 Å². The quantitative estimate of drug-likeness (QED) is 0.797. The first-order valence-electron chi connectivity index (χ1n) is 5.86. The van der Waals surface area contributed by atoms with Gasteiger partial charge in [0.25, 0.3) is 0 Å². The van der Waals surface area contributed by atoms with Crippen LogP contribution in [0.15, 0.2) is 24.3 Å². The molecule has 0 amide bonds. The van der Waals surface area contributed by atoms with Crippen molar-refractivity contribution in [3.8, 4) is 0 Å². The van der Waals surface area contributed by atoms with Crippen LogP contribution in [-0.2, 0) is 11.3 Å². The summed E-state index contributed by atoms with van der Waals surface area (Å²) in [7, 11) is 0. The Hall–Kier alpha value is -0.860. The zero-order chi connectivity index (χ0) is 10.1. The molecule has 0 spiro atoms. The highest BCUT2D eigenvalue weighted by atomic mass is 16.5. The fourth-order valence-electron chi connectivity index (χ4n) is 2.68.